The molecule has 7 N–H and O–H groups in total. The van der Waals surface area contributed by atoms with Gasteiger partial charge in [0.05, 0.1) is 26.2 Å². The number of anilines is 1. The molecular weight excluding hydrogens is 624 g/mol. The lowest BCUT2D eigenvalue weighted by atomic mass is 9.75. The van der Waals surface area contributed by atoms with E-state index in [1.807, 2.05) is 43.3 Å². The van der Waals surface area contributed by atoms with Gasteiger partial charge in [0.1, 0.15) is 17.4 Å². The molecule has 10 heteroatoms. The summed E-state index contributed by atoms with van der Waals surface area (Å²) in [6.07, 6.45) is 4.81. The summed E-state index contributed by atoms with van der Waals surface area (Å²) in [7, 11) is 2.87. The lowest BCUT2D eigenvalue weighted by Gasteiger charge is -2.32. The number of carbonyl (C=O) groups is 1. The average Bonchev–Trinajstić information content (AvgIpc) is 3.10. The van der Waals surface area contributed by atoms with Crippen LogP contribution in [0.2, 0.25) is 0 Å². The second-order valence-electron chi connectivity index (χ2n) is 12.3. The Morgan fingerprint density at radius 2 is 1.59 bits per heavy atom. The van der Waals surface area contributed by atoms with E-state index in [9.17, 15) is 30.3 Å². The van der Waals surface area contributed by atoms with E-state index >= 15 is 0 Å². The van der Waals surface area contributed by atoms with E-state index in [0.29, 0.717) is 37.1 Å². The summed E-state index contributed by atoms with van der Waals surface area (Å²) in [5, 5.41) is 60.5. The van der Waals surface area contributed by atoms with Gasteiger partial charge in [0.25, 0.3) is 0 Å². The first-order chi connectivity index (χ1) is 23.6. The molecule has 0 fully saturated rings. The van der Waals surface area contributed by atoms with Crippen molar-refractivity contribution < 1.29 is 39.8 Å². The molecule has 3 unspecified atom stereocenters. The van der Waals surface area contributed by atoms with Gasteiger partial charge < -0.3 is 45.6 Å². The first-order valence-corrected chi connectivity index (χ1v) is 16.4. The largest absolute Gasteiger partial charge is 0.508 e. The Balaban J connectivity index is 1.39. The number of allylic oxidation sites excluding steroid dienone is 2. The van der Waals surface area contributed by atoms with Gasteiger partial charge in [0.15, 0.2) is 23.0 Å². The van der Waals surface area contributed by atoms with E-state index in [-0.39, 0.29) is 53.3 Å². The quantitative estimate of drug-likeness (QED) is 0.0717. The third kappa shape index (κ3) is 8.39. The van der Waals surface area contributed by atoms with Crippen molar-refractivity contribution >= 4 is 22.2 Å². The molecule has 0 aromatic heterocycles. The van der Waals surface area contributed by atoms with Crippen molar-refractivity contribution in [3.8, 4) is 34.5 Å². The van der Waals surface area contributed by atoms with Crippen molar-refractivity contribution in [2.24, 2.45) is 11.8 Å². The van der Waals surface area contributed by atoms with Crippen LogP contribution in [0.3, 0.4) is 0 Å². The van der Waals surface area contributed by atoms with Crippen molar-refractivity contribution in [1.29, 1.82) is 0 Å². The molecule has 0 radical (unpaired) electrons. The van der Waals surface area contributed by atoms with Crippen LogP contribution in [0, 0.1) is 11.8 Å². The van der Waals surface area contributed by atoms with Crippen molar-refractivity contribution in [2.75, 3.05) is 26.1 Å². The lowest BCUT2D eigenvalue weighted by molar-refractivity contribution is -0.128. The Kier molecular flexibility index (Phi) is 11.2. The van der Waals surface area contributed by atoms with Gasteiger partial charge in [-0.3, -0.25) is 4.79 Å². The number of phenols is 4. The molecule has 0 saturated carbocycles. The zero-order valence-electron chi connectivity index (χ0n) is 27.9. The number of dihydropyridines is 1. The lowest BCUT2D eigenvalue weighted by Crippen LogP contribution is -2.37. The van der Waals surface area contributed by atoms with Gasteiger partial charge >= 0.3 is 0 Å². The fourth-order valence-corrected chi connectivity index (χ4v) is 6.52. The Bertz CT molecular complexity index is 1870. The van der Waals surface area contributed by atoms with Gasteiger partial charge in [0.2, 0.25) is 5.75 Å². The number of fused-ring (bicyclic) bond motifs is 1. The number of hydrogen-bond acceptors (Lipinski definition) is 10. The van der Waals surface area contributed by atoms with E-state index in [2.05, 4.69) is 10.6 Å². The highest BCUT2D eigenvalue weighted by Crippen LogP contribution is 2.38. The maximum absolute atomic E-state index is 14.1. The highest BCUT2D eigenvalue weighted by molar-refractivity contribution is 5.87. The molecule has 1 aliphatic heterocycles. The number of hydrogen-bond donors (Lipinski definition) is 7. The van der Waals surface area contributed by atoms with E-state index in [0.717, 1.165) is 33.4 Å². The first kappa shape index (κ1) is 35.0. The van der Waals surface area contributed by atoms with E-state index in [1.54, 1.807) is 36.4 Å². The molecule has 4 aromatic rings. The summed E-state index contributed by atoms with van der Waals surface area (Å²) in [4.78, 5) is 14.1. The second-order valence-corrected chi connectivity index (χ2v) is 12.3. The number of aliphatic hydroxyl groups is 1. The minimum Gasteiger partial charge on any atom is -0.508 e. The van der Waals surface area contributed by atoms with Crippen LogP contribution >= 0.6 is 0 Å². The maximum Gasteiger partial charge on any atom is 0.200 e. The molecule has 10 nitrogen and oxygen atoms in total. The monoisotopic (exact) mass is 668 g/mol. The molecule has 0 spiro atoms. The van der Waals surface area contributed by atoms with Crippen LogP contribution in [-0.4, -0.2) is 58.2 Å². The molecule has 4 aromatic carbocycles. The van der Waals surface area contributed by atoms with Gasteiger partial charge in [-0.1, -0.05) is 31.2 Å². The van der Waals surface area contributed by atoms with E-state index < -0.39 is 12.0 Å². The SMILES string of the molecule is CCC(C1=CCNC(Nc2ccc3cc(O)ccc3c2)=C1)C(C(=O)CCc1cc(O)c(O)c(OC)c1)C(O)CCc1ccc(O)c(OC)c1. The minimum atomic E-state index is -0.975. The number of ether oxygens (including phenoxy) is 2. The first-order valence-electron chi connectivity index (χ1n) is 16.4. The van der Waals surface area contributed by atoms with E-state index in [1.165, 1.54) is 20.3 Å². The van der Waals surface area contributed by atoms with Gasteiger partial charge in [-0.25, -0.2) is 0 Å². The standard InChI is InChI=1S/C39H44N2O8/c1-4-30(27-15-16-40-37(22-27)41-28-10-8-26-21-29(42)11-9-25(26)20-28)38(32(44)13-6-23-5-12-31(43)35(18-23)48-2)33(45)14-7-24-17-34(46)39(47)36(19-24)49-3/h5,8-12,15,17-22,30,32,38,40-44,46-47H,4,6-7,13-14,16H2,1-3H3. The topological polar surface area (TPSA) is 161 Å². The van der Waals surface area contributed by atoms with E-state index in [4.69, 9.17) is 9.47 Å². The normalized spacial score (nSPS) is 14.6. The molecule has 0 aliphatic carbocycles. The van der Waals surface area contributed by atoms with Gasteiger partial charge in [0, 0.05) is 18.7 Å². The fraction of sp³-hybridized carbons (Fsp3) is 0.308. The number of aryl methyl sites for hydroxylation is 2. The number of Topliss-reactive ketones (excluding diaryl/α,β-unsaturated/α-hetero) is 1. The van der Waals surface area contributed by atoms with Crippen molar-refractivity contribution in [3.05, 3.63) is 101 Å². The number of benzene rings is 4. The van der Waals surface area contributed by atoms with Crippen LogP contribution in [0.1, 0.15) is 37.3 Å². The summed E-state index contributed by atoms with van der Waals surface area (Å²) in [5.74, 6) is -0.377. The fourth-order valence-electron chi connectivity index (χ4n) is 6.52. The minimum absolute atomic E-state index is 0.0276. The highest BCUT2D eigenvalue weighted by Gasteiger charge is 2.35. The predicted octanol–water partition coefficient (Wildman–Crippen LogP) is 6.30. The van der Waals surface area contributed by atoms with Crippen LogP contribution in [0.15, 0.2) is 90.3 Å². The molecule has 0 amide bonds. The number of phenolic OH excluding ortho intramolecular Hbond substituents is 4. The Morgan fingerprint density at radius 1 is 0.857 bits per heavy atom. The summed E-state index contributed by atoms with van der Waals surface area (Å²) < 4.78 is 10.4. The Hall–Kier alpha value is -5.35. The van der Waals surface area contributed by atoms with Crippen LogP contribution in [0.4, 0.5) is 5.69 Å². The third-order valence-electron chi connectivity index (χ3n) is 9.10. The summed E-state index contributed by atoms with van der Waals surface area (Å²) >= 11 is 0. The molecule has 49 heavy (non-hydrogen) atoms. The van der Waals surface area contributed by atoms with Crippen molar-refractivity contribution in [1.82, 2.24) is 5.32 Å². The number of nitrogens with one attached hydrogen (secondary N) is 2. The zero-order valence-corrected chi connectivity index (χ0v) is 27.9. The second kappa shape index (κ2) is 15.7. The predicted molar refractivity (Wildman–Crippen MR) is 189 cm³/mol. The van der Waals surface area contributed by atoms with Gasteiger partial charge in [-0.05, 0) is 114 Å². The molecule has 1 heterocycles. The van der Waals surface area contributed by atoms with Crippen LogP contribution in [0.25, 0.3) is 10.8 Å². The average molecular weight is 669 g/mol. The number of aromatic hydroxyl groups is 4. The molecule has 258 valence electrons. The highest BCUT2D eigenvalue weighted by atomic mass is 16.5. The summed E-state index contributed by atoms with van der Waals surface area (Å²) in [6, 6.07) is 19.2. The molecule has 1 aliphatic rings. The molecule has 0 bridgehead atoms. The van der Waals surface area contributed by atoms with Crippen LogP contribution < -0.4 is 20.1 Å². The Morgan fingerprint density at radius 3 is 2.35 bits per heavy atom. The van der Waals surface area contributed by atoms with Gasteiger partial charge in [-0.15, -0.1) is 0 Å². The van der Waals surface area contributed by atoms with Crippen molar-refractivity contribution in [3.63, 3.8) is 0 Å². The Labute approximate surface area is 286 Å². The number of ketones is 1. The number of carbonyl (C=O) groups excluding carboxylic acids is 1. The maximum atomic E-state index is 14.1. The molecule has 5 rings (SSSR count). The number of methoxy groups -OCH3 is 2. The number of aliphatic hydroxyl groups excluding tert-OH is 1. The molecule has 0 saturated heterocycles. The third-order valence-corrected chi connectivity index (χ3v) is 9.10. The molecular formula is C39H44N2O8. The smallest absolute Gasteiger partial charge is 0.200 e. The van der Waals surface area contributed by atoms with Crippen LogP contribution in [0.5, 0.6) is 34.5 Å². The zero-order chi connectivity index (χ0) is 35.1. The molecule has 3 atom stereocenters. The van der Waals surface area contributed by atoms with Crippen LogP contribution in [-0.2, 0) is 17.6 Å². The van der Waals surface area contributed by atoms with Gasteiger partial charge in [-0.2, -0.15) is 0 Å². The number of rotatable bonds is 15. The summed E-state index contributed by atoms with van der Waals surface area (Å²) in [5.41, 5.74) is 3.27. The summed E-state index contributed by atoms with van der Waals surface area (Å²) in [6.45, 7) is 2.54. The van der Waals surface area contributed by atoms with Crippen molar-refractivity contribution in [2.45, 2.75) is 45.1 Å².